The summed E-state index contributed by atoms with van der Waals surface area (Å²) in [7, 11) is 3.13. The van der Waals surface area contributed by atoms with Crippen LogP contribution in [0.4, 0.5) is 4.39 Å². The number of nitrogens with one attached hydrogen (secondary N) is 1. The molecule has 1 N–H and O–H groups in total. The smallest absolute Gasteiger partial charge is 0.216 e. The second kappa shape index (κ2) is 8.82. The van der Waals surface area contributed by atoms with Crippen molar-refractivity contribution in [3.63, 3.8) is 0 Å². The van der Waals surface area contributed by atoms with Gasteiger partial charge in [-0.2, -0.15) is 9.37 Å². The Morgan fingerprint density at radius 3 is 2.78 bits per heavy atom. The number of nitrogens with zero attached hydrogens (tertiary/aromatic N) is 2. The second-order valence-corrected chi connectivity index (χ2v) is 4.46. The van der Waals surface area contributed by atoms with Crippen LogP contribution in [0.5, 0.6) is 5.88 Å². The lowest BCUT2D eigenvalue weighted by Gasteiger charge is -2.12. The maximum absolute atomic E-state index is 13.1. The molecule has 0 fully saturated rings. The van der Waals surface area contributed by atoms with Crippen molar-refractivity contribution >= 4 is 5.71 Å². The standard InChI is InChI=1S/C16H18FN3O3/c1-18-23-11-14(20-21-2)13-7-4-3-6-12(13)10-22-16-9-5-8-15(17)19-16/h3-9,18H,10-11H2,1-2H3/b20-14+. The van der Waals surface area contributed by atoms with Crippen LogP contribution in [0.15, 0.2) is 47.6 Å². The Hall–Kier alpha value is -2.51. The van der Waals surface area contributed by atoms with Gasteiger partial charge < -0.3 is 9.57 Å². The van der Waals surface area contributed by atoms with Gasteiger partial charge in [0.05, 0.1) is 0 Å². The molecule has 0 bridgehead atoms. The second-order valence-electron chi connectivity index (χ2n) is 4.46. The van der Waals surface area contributed by atoms with Gasteiger partial charge in [-0.3, -0.25) is 4.84 Å². The van der Waals surface area contributed by atoms with Gasteiger partial charge in [0.15, 0.2) is 0 Å². The van der Waals surface area contributed by atoms with Gasteiger partial charge in [0, 0.05) is 18.7 Å². The van der Waals surface area contributed by atoms with Gasteiger partial charge in [-0.15, -0.1) is 0 Å². The van der Waals surface area contributed by atoms with Gasteiger partial charge >= 0.3 is 0 Å². The molecule has 0 aliphatic rings. The SMILES string of the molecule is CNOC/C(=N\OC)c1ccccc1COc1cccc(F)n1. The first-order valence-corrected chi connectivity index (χ1v) is 6.96. The fourth-order valence-electron chi connectivity index (χ4n) is 1.95. The van der Waals surface area contributed by atoms with Crippen LogP contribution in [-0.4, -0.2) is 31.5 Å². The van der Waals surface area contributed by atoms with Crippen molar-refractivity contribution in [3.05, 3.63) is 59.5 Å². The van der Waals surface area contributed by atoms with Crippen molar-refractivity contribution in [2.45, 2.75) is 6.61 Å². The Balaban J connectivity index is 2.17. The van der Waals surface area contributed by atoms with E-state index in [1.165, 1.54) is 13.2 Å². The van der Waals surface area contributed by atoms with Crippen LogP contribution < -0.4 is 10.2 Å². The molecule has 1 aromatic carbocycles. The van der Waals surface area contributed by atoms with Crippen LogP contribution >= 0.6 is 0 Å². The molecule has 0 atom stereocenters. The summed E-state index contributed by atoms with van der Waals surface area (Å²) in [5.74, 6) is -0.364. The zero-order chi connectivity index (χ0) is 16.5. The zero-order valence-electron chi connectivity index (χ0n) is 13.0. The minimum atomic E-state index is -0.583. The van der Waals surface area contributed by atoms with E-state index in [4.69, 9.17) is 14.4 Å². The van der Waals surface area contributed by atoms with Crippen molar-refractivity contribution in [2.75, 3.05) is 20.8 Å². The highest BCUT2D eigenvalue weighted by molar-refractivity contribution is 6.02. The number of oxime groups is 1. The van der Waals surface area contributed by atoms with E-state index < -0.39 is 5.95 Å². The van der Waals surface area contributed by atoms with Crippen LogP contribution in [0.2, 0.25) is 0 Å². The van der Waals surface area contributed by atoms with Crippen LogP contribution in [0, 0.1) is 5.95 Å². The van der Waals surface area contributed by atoms with Crippen LogP contribution in [0.3, 0.4) is 0 Å². The molecule has 1 heterocycles. The van der Waals surface area contributed by atoms with Crippen LogP contribution in [-0.2, 0) is 16.3 Å². The van der Waals surface area contributed by atoms with Crippen molar-refractivity contribution in [1.82, 2.24) is 10.5 Å². The summed E-state index contributed by atoms with van der Waals surface area (Å²) in [5, 5.41) is 3.98. The van der Waals surface area contributed by atoms with Gasteiger partial charge in [-0.25, -0.2) is 5.48 Å². The molecule has 0 aliphatic heterocycles. The first-order valence-electron chi connectivity index (χ1n) is 6.96. The molecule has 1 aromatic heterocycles. The summed E-state index contributed by atoms with van der Waals surface area (Å²) in [4.78, 5) is 13.7. The largest absolute Gasteiger partial charge is 0.473 e. The van der Waals surface area contributed by atoms with Gasteiger partial charge in [0.2, 0.25) is 11.8 Å². The van der Waals surface area contributed by atoms with E-state index in [9.17, 15) is 4.39 Å². The molecule has 0 spiro atoms. The average Bonchev–Trinajstić information content (AvgIpc) is 2.57. The molecular formula is C16H18FN3O3. The van der Waals surface area contributed by atoms with E-state index in [1.54, 1.807) is 19.2 Å². The number of halogens is 1. The predicted octanol–water partition coefficient (Wildman–Crippen LogP) is 2.30. The highest BCUT2D eigenvalue weighted by Crippen LogP contribution is 2.15. The molecule has 0 saturated heterocycles. The van der Waals surface area contributed by atoms with Crippen molar-refractivity contribution in [1.29, 1.82) is 0 Å². The molecule has 122 valence electrons. The monoisotopic (exact) mass is 319 g/mol. The summed E-state index contributed by atoms with van der Waals surface area (Å²) in [6.45, 7) is 0.439. The van der Waals surface area contributed by atoms with Crippen molar-refractivity contribution in [2.24, 2.45) is 5.16 Å². The molecule has 0 amide bonds. The summed E-state index contributed by atoms with van der Waals surface area (Å²) >= 11 is 0. The fraction of sp³-hybridized carbons (Fsp3) is 0.250. The number of hydrogen-bond donors (Lipinski definition) is 1. The first kappa shape index (κ1) is 16.9. The number of aromatic nitrogens is 1. The Morgan fingerprint density at radius 2 is 2.04 bits per heavy atom. The maximum atomic E-state index is 13.1. The van der Waals surface area contributed by atoms with E-state index in [1.807, 2.05) is 24.3 Å². The van der Waals surface area contributed by atoms with Gasteiger partial charge in [0.25, 0.3) is 0 Å². The molecule has 0 unspecified atom stereocenters. The molecule has 2 rings (SSSR count). The molecular weight excluding hydrogens is 301 g/mol. The van der Waals surface area contributed by atoms with Crippen LogP contribution in [0.1, 0.15) is 11.1 Å². The lowest BCUT2D eigenvalue weighted by molar-refractivity contribution is 0.0866. The average molecular weight is 319 g/mol. The topological polar surface area (TPSA) is 65.0 Å². The number of benzene rings is 1. The molecule has 0 radical (unpaired) electrons. The molecule has 6 nitrogen and oxygen atoms in total. The number of rotatable bonds is 8. The Kier molecular flexibility index (Phi) is 6.46. The lowest BCUT2D eigenvalue weighted by Crippen LogP contribution is -2.19. The van der Waals surface area contributed by atoms with Gasteiger partial charge in [-0.1, -0.05) is 35.5 Å². The molecule has 2 aromatic rings. The van der Waals surface area contributed by atoms with Gasteiger partial charge in [0.1, 0.15) is 26.0 Å². The van der Waals surface area contributed by atoms with Gasteiger partial charge in [-0.05, 0) is 11.6 Å². The number of hydroxylamine groups is 1. The Morgan fingerprint density at radius 1 is 1.22 bits per heavy atom. The quantitative estimate of drug-likeness (QED) is 0.459. The third kappa shape index (κ3) is 5.01. The van der Waals surface area contributed by atoms with Crippen molar-refractivity contribution in [3.8, 4) is 5.88 Å². The summed E-state index contributed by atoms with van der Waals surface area (Å²) in [6, 6.07) is 11.9. The van der Waals surface area contributed by atoms with Crippen LogP contribution in [0.25, 0.3) is 0 Å². The van der Waals surface area contributed by atoms with E-state index in [0.717, 1.165) is 11.1 Å². The van der Waals surface area contributed by atoms with Crippen molar-refractivity contribution < 1.29 is 18.8 Å². The highest BCUT2D eigenvalue weighted by Gasteiger charge is 2.11. The molecule has 23 heavy (non-hydrogen) atoms. The minimum absolute atomic E-state index is 0.217. The lowest BCUT2D eigenvalue weighted by atomic mass is 10.0. The van der Waals surface area contributed by atoms with E-state index in [-0.39, 0.29) is 19.1 Å². The Bertz CT molecular complexity index is 665. The van der Waals surface area contributed by atoms with E-state index >= 15 is 0 Å². The highest BCUT2D eigenvalue weighted by atomic mass is 19.1. The molecule has 0 aliphatic carbocycles. The predicted molar refractivity (Wildman–Crippen MR) is 83.5 cm³/mol. The number of pyridine rings is 1. The summed E-state index contributed by atoms with van der Waals surface area (Å²) in [5.41, 5.74) is 4.87. The van der Waals surface area contributed by atoms with E-state index in [0.29, 0.717) is 5.71 Å². The molecule has 7 heteroatoms. The molecule has 0 saturated carbocycles. The third-order valence-corrected chi connectivity index (χ3v) is 2.95. The fourth-order valence-corrected chi connectivity index (χ4v) is 1.95. The minimum Gasteiger partial charge on any atom is -0.473 e. The Labute approximate surface area is 133 Å². The number of hydrogen-bond acceptors (Lipinski definition) is 6. The third-order valence-electron chi connectivity index (χ3n) is 2.95. The normalized spacial score (nSPS) is 11.3. The first-order chi connectivity index (χ1) is 11.2. The van der Waals surface area contributed by atoms with E-state index in [2.05, 4.69) is 15.6 Å². The maximum Gasteiger partial charge on any atom is 0.216 e. The zero-order valence-corrected chi connectivity index (χ0v) is 13.0. The summed E-state index contributed by atoms with van der Waals surface area (Å²) in [6.07, 6.45) is 0. The number of ether oxygens (including phenoxy) is 1. The summed E-state index contributed by atoms with van der Waals surface area (Å²) < 4.78 is 18.6.